The molecular formula is C15H29IN4. The average Bonchev–Trinajstić information content (AvgIpc) is 2.93. The van der Waals surface area contributed by atoms with Gasteiger partial charge in [0.2, 0.25) is 0 Å². The normalized spacial score (nSPS) is 20.8. The Hall–Kier alpha value is -0.300. The van der Waals surface area contributed by atoms with Crippen molar-refractivity contribution < 1.29 is 0 Å². The van der Waals surface area contributed by atoms with Crippen LogP contribution in [0.5, 0.6) is 0 Å². The van der Waals surface area contributed by atoms with Crippen LogP contribution in [-0.2, 0) is 0 Å². The number of rotatable bonds is 5. The summed E-state index contributed by atoms with van der Waals surface area (Å²) in [6.07, 6.45) is 10.8. The van der Waals surface area contributed by atoms with E-state index in [1.165, 1.54) is 32.4 Å². The van der Waals surface area contributed by atoms with E-state index < -0.39 is 0 Å². The smallest absolute Gasteiger partial charge is 0.191 e. The molecule has 0 amide bonds. The van der Waals surface area contributed by atoms with E-state index in [0.29, 0.717) is 6.04 Å². The maximum atomic E-state index is 4.70. The van der Waals surface area contributed by atoms with Crippen molar-refractivity contribution in [3.63, 3.8) is 0 Å². The lowest BCUT2D eigenvalue weighted by molar-refractivity contribution is 0.235. The largest absolute Gasteiger partial charge is 0.357 e. The van der Waals surface area contributed by atoms with E-state index in [-0.39, 0.29) is 24.0 Å². The maximum absolute atomic E-state index is 4.70. The van der Waals surface area contributed by atoms with E-state index in [2.05, 4.69) is 34.6 Å². The molecule has 1 aliphatic heterocycles. The molecule has 4 nitrogen and oxygen atoms in total. The number of likely N-dealkylation sites (tertiary alicyclic amines) is 1. The molecule has 0 unspecified atom stereocenters. The third-order valence-corrected chi connectivity index (χ3v) is 3.83. The van der Waals surface area contributed by atoms with Gasteiger partial charge in [-0.2, -0.15) is 0 Å². The third kappa shape index (κ3) is 6.43. The fourth-order valence-corrected chi connectivity index (χ4v) is 2.73. The monoisotopic (exact) mass is 392 g/mol. The Labute approximate surface area is 140 Å². The fourth-order valence-electron chi connectivity index (χ4n) is 2.73. The Bertz CT molecular complexity index is 303. The first-order valence-corrected chi connectivity index (χ1v) is 7.80. The molecule has 116 valence electrons. The molecule has 5 heteroatoms. The van der Waals surface area contributed by atoms with Gasteiger partial charge in [-0.1, -0.05) is 18.6 Å². The minimum absolute atomic E-state index is 0. The number of aliphatic imine (C=N–C) groups is 1. The predicted molar refractivity (Wildman–Crippen MR) is 97.0 cm³/mol. The van der Waals surface area contributed by atoms with E-state index in [1.807, 2.05) is 0 Å². The standard InChI is InChI=1S/C15H28N4.HI/c1-2-16-15(18-14-8-4-5-9-14)17-10-13-19-11-6-3-7-12-19;/h4-5,14H,2-3,6-13H2,1H3,(H2,16,17,18);1H. The highest BCUT2D eigenvalue weighted by atomic mass is 127. The summed E-state index contributed by atoms with van der Waals surface area (Å²) in [5.41, 5.74) is 0. The molecule has 1 fully saturated rings. The van der Waals surface area contributed by atoms with Crippen molar-refractivity contribution in [3.05, 3.63) is 12.2 Å². The van der Waals surface area contributed by atoms with Crippen LogP contribution >= 0.6 is 24.0 Å². The van der Waals surface area contributed by atoms with Crippen LogP contribution in [0.25, 0.3) is 0 Å². The van der Waals surface area contributed by atoms with E-state index in [0.717, 1.165) is 38.4 Å². The van der Waals surface area contributed by atoms with Gasteiger partial charge in [-0.3, -0.25) is 4.99 Å². The van der Waals surface area contributed by atoms with Crippen molar-refractivity contribution in [2.24, 2.45) is 4.99 Å². The molecular weight excluding hydrogens is 363 g/mol. The lowest BCUT2D eigenvalue weighted by Crippen LogP contribution is -2.43. The number of piperidine rings is 1. The summed E-state index contributed by atoms with van der Waals surface area (Å²) < 4.78 is 0. The van der Waals surface area contributed by atoms with Crippen LogP contribution in [0.3, 0.4) is 0 Å². The van der Waals surface area contributed by atoms with Crippen molar-refractivity contribution >= 4 is 29.9 Å². The Balaban J connectivity index is 0.00000200. The predicted octanol–water partition coefficient (Wildman–Crippen LogP) is 2.36. The molecule has 0 bridgehead atoms. The van der Waals surface area contributed by atoms with Gasteiger partial charge in [-0.05, 0) is 45.7 Å². The van der Waals surface area contributed by atoms with Gasteiger partial charge in [-0.15, -0.1) is 24.0 Å². The number of hydrogen-bond donors (Lipinski definition) is 2. The Morgan fingerprint density at radius 1 is 1.20 bits per heavy atom. The van der Waals surface area contributed by atoms with Gasteiger partial charge in [0.1, 0.15) is 0 Å². The third-order valence-electron chi connectivity index (χ3n) is 3.83. The maximum Gasteiger partial charge on any atom is 0.191 e. The highest BCUT2D eigenvalue weighted by Crippen LogP contribution is 2.09. The summed E-state index contributed by atoms with van der Waals surface area (Å²) in [6.45, 7) is 7.55. The number of guanidine groups is 1. The molecule has 20 heavy (non-hydrogen) atoms. The van der Waals surface area contributed by atoms with Gasteiger partial charge in [0, 0.05) is 19.1 Å². The van der Waals surface area contributed by atoms with E-state index in [1.54, 1.807) is 0 Å². The summed E-state index contributed by atoms with van der Waals surface area (Å²) >= 11 is 0. The van der Waals surface area contributed by atoms with E-state index in [4.69, 9.17) is 4.99 Å². The Kier molecular flexibility index (Phi) is 9.26. The quantitative estimate of drug-likeness (QED) is 0.327. The molecule has 0 saturated carbocycles. The molecule has 0 radical (unpaired) electrons. The molecule has 0 aromatic heterocycles. The molecule has 1 aliphatic carbocycles. The molecule has 1 heterocycles. The van der Waals surface area contributed by atoms with Gasteiger partial charge >= 0.3 is 0 Å². The first kappa shape index (κ1) is 17.8. The molecule has 2 aliphatic rings. The zero-order valence-corrected chi connectivity index (χ0v) is 14.9. The molecule has 0 aromatic carbocycles. The topological polar surface area (TPSA) is 39.7 Å². The second-order valence-electron chi connectivity index (χ2n) is 5.45. The van der Waals surface area contributed by atoms with Crippen LogP contribution in [0.4, 0.5) is 0 Å². The number of hydrogen-bond acceptors (Lipinski definition) is 2. The number of nitrogens with one attached hydrogen (secondary N) is 2. The summed E-state index contributed by atoms with van der Waals surface area (Å²) in [5, 5.41) is 6.85. The van der Waals surface area contributed by atoms with E-state index in [9.17, 15) is 0 Å². The van der Waals surface area contributed by atoms with Gasteiger partial charge in [0.25, 0.3) is 0 Å². The zero-order chi connectivity index (χ0) is 13.3. The van der Waals surface area contributed by atoms with Crippen LogP contribution in [0, 0.1) is 0 Å². The van der Waals surface area contributed by atoms with E-state index >= 15 is 0 Å². The van der Waals surface area contributed by atoms with Crippen molar-refractivity contribution in [2.75, 3.05) is 32.7 Å². The van der Waals surface area contributed by atoms with Gasteiger partial charge in [0.05, 0.1) is 6.54 Å². The summed E-state index contributed by atoms with van der Waals surface area (Å²) in [6, 6.07) is 0.535. The van der Waals surface area contributed by atoms with Crippen LogP contribution in [0.2, 0.25) is 0 Å². The summed E-state index contributed by atoms with van der Waals surface area (Å²) in [7, 11) is 0. The van der Waals surface area contributed by atoms with Crippen molar-refractivity contribution in [3.8, 4) is 0 Å². The lowest BCUT2D eigenvalue weighted by Gasteiger charge is -2.25. The van der Waals surface area contributed by atoms with Crippen LogP contribution in [0.15, 0.2) is 17.1 Å². The minimum atomic E-state index is 0. The fraction of sp³-hybridized carbons (Fsp3) is 0.800. The highest BCUT2D eigenvalue weighted by Gasteiger charge is 2.12. The number of halogens is 1. The van der Waals surface area contributed by atoms with Crippen molar-refractivity contribution in [2.45, 2.75) is 45.1 Å². The Morgan fingerprint density at radius 3 is 2.55 bits per heavy atom. The minimum Gasteiger partial charge on any atom is -0.357 e. The second-order valence-corrected chi connectivity index (χ2v) is 5.45. The molecule has 0 spiro atoms. The molecule has 0 atom stereocenters. The Morgan fingerprint density at radius 2 is 1.90 bits per heavy atom. The SMILES string of the molecule is CCNC(=NCCN1CCCCC1)NC1CC=CC1.I. The molecule has 2 N–H and O–H groups in total. The van der Waals surface area contributed by atoms with Gasteiger partial charge < -0.3 is 15.5 Å². The lowest BCUT2D eigenvalue weighted by atomic mass is 10.1. The molecule has 0 aromatic rings. The van der Waals surface area contributed by atoms with Gasteiger partial charge in [0.15, 0.2) is 5.96 Å². The van der Waals surface area contributed by atoms with Gasteiger partial charge in [-0.25, -0.2) is 0 Å². The molecule has 2 rings (SSSR count). The summed E-state index contributed by atoms with van der Waals surface area (Å²) in [4.78, 5) is 7.23. The average molecular weight is 392 g/mol. The van der Waals surface area contributed by atoms with Crippen LogP contribution < -0.4 is 10.6 Å². The summed E-state index contributed by atoms with van der Waals surface area (Å²) in [5.74, 6) is 0.980. The first-order chi connectivity index (χ1) is 9.38. The zero-order valence-electron chi connectivity index (χ0n) is 12.6. The van der Waals surface area contributed by atoms with Crippen LogP contribution in [0.1, 0.15) is 39.0 Å². The highest BCUT2D eigenvalue weighted by molar-refractivity contribution is 14.0. The van der Waals surface area contributed by atoms with Crippen LogP contribution in [-0.4, -0.2) is 49.6 Å². The first-order valence-electron chi connectivity index (χ1n) is 7.80. The molecule has 1 saturated heterocycles. The van der Waals surface area contributed by atoms with Crippen molar-refractivity contribution in [1.29, 1.82) is 0 Å². The number of nitrogens with zero attached hydrogens (tertiary/aromatic N) is 2. The van der Waals surface area contributed by atoms with Crippen molar-refractivity contribution in [1.82, 2.24) is 15.5 Å². The second kappa shape index (κ2) is 10.4.